The third-order valence-electron chi connectivity index (χ3n) is 0. The third kappa shape index (κ3) is 53.0. The highest BCUT2D eigenvalue weighted by molar-refractivity contribution is 6.40. The maximum atomic E-state index is 4.76. The molecule has 0 N–H and O–H groups in total. The van der Waals surface area contributed by atoms with Crippen LogP contribution in [0.25, 0.3) is 0 Å². The molecule has 0 aromatic heterocycles. The van der Waals surface area contributed by atoms with Gasteiger partial charge < -0.3 is 0 Å². The quantitative estimate of drug-likeness (QED) is 0.447. The largest absolute Gasteiger partial charge is 0.130 e. The fraction of sp³-hybridized carbons (Fsp3) is 1.00. The lowest BCUT2D eigenvalue weighted by Crippen LogP contribution is -1.24. The van der Waals surface area contributed by atoms with Crippen molar-refractivity contribution in [3.8, 4) is 0 Å². The topological polar surface area (TPSA) is 0 Å². The van der Waals surface area contributed by atoms with Crippen molar-refractivity contribution in [3.63, 3.8) is 0 Å². The highest BCUT2D eigenvalue weighted by Crippen LogP contribution is 1.73. The van der Waals surface area contributed by atoms with Gasteiger partial charge >= 0.3 is 0 Å². The molecule has 0 atom stereocenters. The van der Waals surface area contributed by atoms with Crippen LogP contribution in [-0.4, -0.2) is 11.7 Å². The molecule has 0 aliphatic carbocycles. The lowest BCUT2D eigenvalue weighted by atomic mass is 11.9. The van der Waals surface area contributed by atoms with Crippen LogP contribution in [0.4, 0.5) is 0 Å². The average Bonchev–Trinajstić information content (AvgIpc) is 1.46. The van der Waals surface area contributed by atoms with Gasteiger partial charge in [-0.1, -0.05) is 0 Å². The summed E-state index contributed by atoms with van der Waals surface area (Å²) in [6, 6.07) is 0. The Labute approximate surface area is 47.0 Å². The molecule has 34 valence electrons. The summed E-state index contributed by atoms with van der Waals surface area (Å²) in [7, 11) is 0. The van der Waals surface area contributed by atoms with Crippen LogP contribution in [0.3, 0.4) is 0 Å². The number of hydrogen-bond donors (Lipinski definition) is 0. The van der Waals surface area contributed by atoms with E-state index >= 15 is 0 Å². The van der Waals surface area contributed by atoms with E-state index in [1.807, 2.05) is 0 Å². The van der Waals surface area contributed by atoms with Crippen molar-refractivity contribution in [1.82, 2.24) is 0 Å². The monoisotopic (exact) mass is 134 g/mol. The first-order chi connectivity index (χ1) is 2.41. The second-order valence-corrected chi connectivity index (χ2v) is 0.909. The third-order valence-corrected chi connectivity index (χ3v) is 0. The van der Waals surface area contributed by atoms with Gasteiger partial charge in [0.05, 0.1) is 5.34 Å². The molecule has 0 radical (unpaired) electrons. The normalized spacial score (nSPS) is 4.80. The van der Waals surface area contributed by atoms with Gasteiger partial charge in [-0.05, 0) is 0 Å². The van der Waals surface area contributed by atoms with E-state index in [9.17, 15) is 0 Å². The van der Waals surface area contributed by atoms with Gasteiger partial charge in [-0.25, -0.2) is 0 Å². The van der Waals surface area contributed by atoms with E-state index in [1.54, 1.807) is 0 Å². The van der Waals surface area contributed by atoms with Gasteiger partial charge in [-0.15, -0.1) is 34.8 Å². The molecule has 0 saturated heterocycles. The molecule has 0 spiro atoms. The molecule has 0 aromatic carbocycles. The van der Waals surface area contributed by atoms with Crippen molar-refractivity contribution in [2.75, 3.05) is 11.7 Å². The Balaban J connectivity index is 0. The van der Waals surface area contributed by atoms with E-state index < -0.39 is 0 Å². The highest BCUT2D eigenvalue weighted by atomic mass is 35.5. The van der Waals surface area contributed by atoms with Gasteiger partial charge in [0.1, 0.15) is 0 Å². The van der Waals surface area contributed by atoms with Crippen LogP contribution in [0.1, 0.15) is 0 Å². The molecule has 3 heteroatoms. The Morgan fingerprint density at radius 1 is 1.20 bits per heavy atom. The molecule has 0 heterocycles. The maximum absolute atomic E-state index is 4.76. The molecule has 0 aromatic rings. The molecule has 0 saturated carbocycles. The highest BCUT2D eigenvalue weighted by Gasteiger charge is 1.41. The zero-order valence-electron chi connectivity index (χ0n) is 2.84. The Morgan fingerprint density at radius 3 is 1.20 bits per heavy atom. The Kier molecular flexibility index (Phi) is 38.8. The van der Waals surface area contributed by atoms with Crippen LogP contribution < -0.4 is 0 Å². The van der Waals surface area contributed by atoms with Crippen molar-refractivity contribution in [1.29, 1.82) is 0 Å². The molecule has 0 fully saturated rings. The first kappa shape index (κ1) is 9.30. The van der Waals surface area contributed by atoms with E-state index in [0.29, 0.717) is 0 Å². The average molecular weight is 135 g/mol. The standard InChI is InChI=1S/CH2Cl2.CH3Cl/c2-1-3;1-2/h1H2;1H3. The molecule has 0 bridgehead atoms. The summed E-state index contributed by atoms with van der Waals surface area (Å²) < 4.78 is 0. The maximum Gasteiger partial charge on any atom is 0.0967 e. The summed E-state index contributed by atoms with van der Waals surface area (Å²) in [6.45, 7) is 0. The van der Waals surface area contributed by atoms with Crippen molar-refractivity contribution in [2.24, 2.45) is 0 Å². The minimum atomic E-state index is 0.194. The molecular formula is C2H5Cl3. The minimum Gasteiger partial charge on any atom is -0.130 e. The second kappa shape index (κ2) is 20.9. The predicted octanol–water partition coefficient (Wildman–Crippen LogP) is 2.28. The van der Waals surface area contributed by atoms with Gasteiger partial charge in [-0.3, -0.25) is 0 Å². The molecule has 0 aliphatic rings. The van der Waals surface area contributed by atoms with Crippen LogP contribution in [-0.2, 0) is 0 Å². The SMILES string of the molecule is CCl.ClCCl. The Hall–Kier alpha value is 0.870. The summed E-state index contributed by atoms with van der Waals surface area (Å²) in [5, 5.41) is 0.194. The van der Waals surface area contributed by atoms with Crippen LogP contribution in [0.2, 0.25) is 0 Å². The molecule has 5 heavy (non-hydrogen) atoms. The van der Waals surface area contributed by atoms with E-state index in [2.05, 4.69) is 11.6 Å². The summed E-state index contributed by atoms with van der Waals surface area (Å²) >= 11 is 14.2. The molecule has 0 nitrogen and oxygen atoms in total. The minimum absolute atomic E-state index is 0.194. The summed E-state index contributed by atoms with van der Waals surface area (Å²) in [5.41, 5.74) is 0. The number of rotatable bonds is 0. The van der Waals surface area contributed by atoms with E-state index in [4.69, 9.17) is 23.2 Å². The molecule has 0 aliphatic heterocycles. The van der Waals surface area contributed by atoms with Crippen LogP contribution in [0, 0.1) is 0 Å². The van der Waals surface area contributed by atoms with E-state index in [0.717, 1.165) is 0 Å². The zero-order valence-corrected chi connectivity index (χ0v) is 5.11. The van der Waals surface area contributed by atoms with Crippen molar-refractivity contribution >= 4 is 34.8 Å². The number of hydrogen-bond acceptors (Lipinski definition) is 0. The van der Waals surface area contributed by atoms with Gasteiger partial charge in [0.2, 0.25) is 0 Å². The molecule has 0 unspecified atom stereocenters. The van der Waals surface area contributed by atoms with Crippen LogP contribution in [0.5, 0.6) is 0 Å². The first-order valence-corrected chi connectivity index (χ1v) is 2.74. The summed E-state index contributed by atoms with van der Waals surface area (Å²) in [5.74, 6) is 0. The summed E-state index contributed by atoms with van der Waals surface area (Å²) in [6.07, 6.45) is 1.47. The smallest absolute Gasteiger partial charge is 0.0967 e. The lowest BCUT2D eigenvalue weighted by Gasteiger charge is -1.42. The number of halogens is 3. The van der Waals surface area contributed by atoms with Crippen molar-refractivity contribution in [3.05, 3.63) is 0 Å². The van der Waals surface area contributed by atoms with Crippen molar-refractivity contribution in [2.45, 2.75) is 0 Å². The second-order valence-electron chi connectivity index (χ2n) is 0.101. The fourth-order valence-electron chi connectivity index (χ4n) is 0. The zero-order chi connectivity index (χ0) is 4.71. The Bertz CT molecular complexity index is 4.85. The molecule has 0 rings (SSSR count). The van der Waals surface area contributed by atoms with Crippen molar-refractivity contribution < 1.29 is 0 Å². The van der Waals surface area contributed by atoms with Gasteiger partial charge in [0, 0.05) is 6.38 Å². The molecular weight excluding hydrogens is 130 g/mol. The Morgan fingerprint density at radius 2 is 1.20 bits per heavy atom. The van der Waals surface area contributed by atoms with Gasteiger partial charge in [-0.2, -0.15) is 0 Å². The van der Waals surface area contributed by atoms with Gasteiger partial charge in [0.25, 0.3) is 0 Å². The van der Waals surface area contributed by atoms with E-state index in [-0.39, 0.29) is 5.34 Å². The van der Waals surface area contributed by atoms with Crippen LogP contribution >= 0.6 is 34.8 Å². The first-order valence-electron chi connectivity index (χ1n) is 0.912. The number of alkyl halides is 3. The summed E-state index contributed by atoms with van der Waals surface area (Å²) in [4.78, 5) is 0. The fourth-order valence-corrected chi connectivity index (χ4v) is 0. The van der Waals surface area contributed by atoms with Gasteiger partial charge in [0.15, 0.2) is 0 Å². The van der Waals surface area contributed by atoms with E-state index in [1.165, 1.54) is 6.38 Å². The molecule has 0 amide bonds. The lowest BCUT2D eigenvalue weighted by molar-refractivity contribution is 2.20. The van der Waals surface area contributed by atoms with Crippen LogP contribution in [0.15, 0.2) is 0 Å². The predicted molar refractivity (Wildman–Crippen MR) is 28.3 cm³/mol.